The molecule has 0 aromatic heterocycles. The lowest BCUT2D eigenvalue weighted by Crippen LogP contribution is -2.22. The van der Waals surface area contributed by atoms with E-state index in [0.29, 0.717) is 11.4 Å². The Balaban J connectivity index is 2.96. The lowest BCUT2D eigenvalue weighted by atomic mass is 10.0. The molecule has 0 bridgehead atoms. The summed E-state index contributed by atoms with van der Waals surface area (Å²) in [6, 6.07) is 5.75. The van der Waals surface area contributed by atoms with Crippen molar-refractivity contribution in [2.45, 2.75) is 25.8 Å². The summed E-state index contributed by atoms with van der Waals surface area (Å²) in [6.07, 6.45) is 7.11. The quantitative estimate of drug-likeness (QED) is 0.783. The number of ether oxygens (including phenoxy) is 1. The van der Waals surface area contributed by atoms with E-state index in [9.17, 15) is 0 Å². The van der Waals surface area contributed by atoms with Crippen LogP contribution in [-0.4, -0.2) is 13.7 Å². The fourth-order valence-electron chi connectivity index (χ4n) is 1.70. The van der Waals surface area contributed by atoms with E-state index < -0.39 is 0 Å². The van der Waals surface area contributed by atoms with Crippen LogP contribution < -0.4 is 10.1 Å². The number of rotatable bonds is 6. The Morgan fingerprint density at radius 2 is 2.29 bits per heavy atom. The van der Waals surface area contributed by atoms with Crippen molar-refractivity contribution in [3.8, 4) is 18.1 Å². The minimum absolute atomic E-state index is 0.118. The zero-order valence-electron chi connectivity index (χ0n) is 10.3. The number of methoxy groups -OCH3 is 1. The molecule has 17 heavy (non-hydrogen) atoms. The second-order valence-corrected chi connectivity index (χ2v) is 4.24. The summed E-state index contributed by atoms with van der Waals surface area (Å²) in [4.78, 5) is 0. The Hall–Kier alpha value is -1.17. The maximum Gasteiger partial charge on any atom is 0.125 e. The molecule has 1 atom stereocenters. The van der Waals surface area contributed by atoms with Crippen molar-refractivity contribution in [3.05, 3.63) is 28.8 Å². The van der Waals surface area contributed by atoms with Gasteiger partial charge < -0.3 is 10.1 Å². The van der Waals surface area contributed by atoms with Crippen molar-refractivity contribution in [1.29, 1.82) is 0 Å². The first-order chi connectivity index (χ1) is 8.22. The highest BCUT2D eigenvalue weighted by molar-refractivity contribution is 6.30. The second-order valence-electron chi connectivity index (χ2n) is 3.80. The lowest BCUT2D eigenvalue weighted by Gasteiger charge is -2.19. The molecule has 92 valence electrons. The van der Waals surface area contributed by atoms with Gasteiger partial charge in [-0.15, -0.1) is 12.3 Å². The third kappa shape index (κ3) is 3.96. The molecular formula is C14H18ClNO. The van der Waals surface area contributed by atoms with Gasteiger partial charge in [-0.05, 0) is 25.1 Å². The van der Waals surface area contributed by atoms with E-state index in [1.54, 1.807) is 7.11 Å². The SMILES string of the molecule is C#CCC(NCCC)c1ccc(Cl)cc1OC. The first kappa shape index (κ1) is 13.9. The van der Waals surface area contributed by atoms with Gasteiger partial charge in [0.1, 0.15) is 5.75 Å². The highest BCUT2D eigenvalue weighted by Crippen LogP contribution is 2.29. The smallest absolute Gasteiger partial charge is 0.125 e. The lowest BCUT2D eigenvalue weighted by molar-refractivity contribution is 0.399. The van der Waals surface area contributed by atoms with E-state index in [1.165, 1.54) is 0 Å². The average Bonchev–Trinajstić information content (AvgIpc) is 2.34. The summed E-state index contributed by atoms with van der Waals surface area (Å²) < 4.78 is 5.34. The van der Waals surface area contributed by atoms with E-state index in [-0.39, 0.29) is 6.04 Å². The maximum absolute atomic E-state index is 5.94. The van der Waals surface area contributed by atoms with E-state index in [4.69, 9.17) is 22.8 Å². The molecule has 1 N–H and O–H groups in total. The summed E-state index contributed by atoms with van der Waals surface area (Å²) >= 11 is 5.94. The van der Waals surface area contributed by atoms with Crippen LogP contribution in [-0.2, 0) is 0 Å². The second kappa shape index (κ2) is 7.21. The van der Waals surface area contributed by atoms with E-state index in [1.807, 2.05) is 18.2 Å². The van der Waals surface area contributed by atoms with E-state index in [2.05, 4.69) is 18.2 Å². The molecule has 0 radical (unpaired) electrons. The largest absolute Gasteiger partial charge is 0.496 e. The molecule has 1 unspecified atom stereocenters. The molecular weight excluding hydrogens is 234 g/mol. The molecule has 3 heteroatoms. The van der Waals surface area contributed by atoms with Gasteiger partial charge in [0, 0.05) is 23.0 Å². The van der Waals surface area contributed by atoms with Crippen molar-refractivity contribution in [2.75, 3.05) is 13.7 Å². The molecule has 2 nitrogen and oxygen atoms in total. The predicted molar refractivity (Wildman–Crippen MR) is 72.5 cm³/mol. The summed E-state index contributed by atoms with van der Waals surface area (Å²) in [5.74, 6) is 3.47. The van der Waals surface area contributed by atoms with E-state index >= 15 is 0 Å². The minimum Gasteiger partial charge on any atom is -0.496 e. The third-order valence-electron chi connectivity index (χ3n) is 2.53. The Kier molecular flexibility index (Phi) is 5.90. The van der Waals surface area contributed by atoms with Gasteiger partial charge in [0.2, 0.25) is 0 Å². The van der Waals surface area contributed by atoms with Gasteiger partial charge in [-0.25, -0.2) is 0 Å². The predicted octanol–water partition coefficient (Wildman–Crippen LogP) is 3.41. The Labute approximate surface area is 108 Å². The molecule has 0 aliphatic rings. The first-order valence-corrected chi connectivity index (χ1v) is 6.11. The highest BCUT2D eigenvalue weighted by atomic mass is 35.5. The van der Waals surface area contributed by atoms with Gasteiger partial charge in [-0.1, -0.05) is 24.6 Å². The summed E-state index contributed by atoms with van der Waals surface area (Å²) in [6.45, 7) is 3.05. The monoisotopic (exact) mass is 251 g/mol. The number of halogens is 1. The molecule has 1 rings (SSSR count). The molecule has 0 amide bonds. The molecule has 0 saturated carbocycles. The number of hydrogen-bond acceptors (Lipinski definition) is 2. The van der Waals surface area contributed by atoms with Crippen LogP contribution in [0.3, 0.4) is 0 Å². The summed E-state index contributed by atoms with van der Waals surface area (Å²) in [5, 5.41) is 4.08. The Bertz CT molecular complexity index is 398. The molecule has 1 aromatic rings. The zero-order chi connectivity index (χ0) is 12.7. The molecule has 0 fully saturated rings. The van der Waals surface area contributed by atoms with Gasteiger partial charge in [-0.2, -0.15) is 0 Å². The minimum atomic E-state index is 0.118. The molecule has 1 aromatic carbocycles. The van der Waals surface area contributed by atoms with Crippen LogP contribution in [0.5, 0.6) is 5.75 Å². The fourth-order valence-corrected chi connectivity index (χ4v) is 1.86. The van der Waals surface area contributed by atoms with Gasteiger partial charge in [0.15, 0.2) is 0 Å². The van der Waals surface area contributed by atoms with Crippen LogP contribution in [0.1, 0.15) is 31.4 Å². The van der Waals surface area contributed by atoms with E-state index in [0.717, 1.165) is 24.3 Å². The number of benzene rings is 1. The fraction of sp³-hybridized carbons (Fsp3) is 0.429. The van der Waals surface area contributed by atoms with Gasteiger partial charge >= 0.3 is 0 Å². The number of nitrogens with one attached hydrogen (secondary N) is 1. The molecule has 0 aliphatic heterocycles. The maximum atomic E-state index is 5.94. The van der Waals surface area contributed by atoms with Gasteiger partial charge in [0.25, 0.3) is 0 Å². The van der Waals surface area contributed by atoms with Crippen molar-refractivity contribution in [3.63, 3.8) is 0 Å². The average molecular weight is 252 g/mol. The van der Waals surface area contributed by atoms with Crippen LogP contribution in [0.4, 0.5) is 0 Å². The Morgan fingerprint density at radius 1 is 1.53 bits per heavy atom. The third-order valence-corrected chi connectivity index (χ3v) is 2.77. The number of terminal acetylenes is 1. The zero-order valence-corrected chi connectivity index (χ0v) is 11.1. The van der Waals surface area contributed by atoms with Gasteiger partial charge in [-0.3, -0.25) is 0 Å². The van der Waals surface area contributed by atoms with Crippen molar-refractivity contribution in [1.82, 2.24) is 5.32 Å². The van der Waals surface area contributed by atoms with Crippen LogP contribution >= 0.6 is 11.6 Å². The van der Waals surface area contributed by atoms with Crippen molar-refractivity contribution in [2.24, 2.45) is 0 Å². The van der Waals surface area contributed by atoms with Crippen molar-refractivity contribution >= 4 is 11.6 Å². The topological polar surface area (TPSA) is 21.3 Å². The normalized spacial score (nSPS) is 11.9. The molecule has 0 heterocycles. The Morgan fingerprint density at radius 3 is 2.88 bits per heavy atom. The van der Waals surface area contributed by atoms with Crippen LogP contribution in [0, 0.1) is 12.3 Å². The van der Waals surface area contributed by atoms with Crippen LogP contribution in [0.2, 0.25) is 5.02 Å². The van der Waals surface area contributed by atoms with Crippen LogP contribution in [0.25, 0.3) is 0 Å². The molecule has 0 aliphatic carbocycles. The summed E-state index contributed by atoms with van der Waals surface area (Å²) in [5.41, 5.74) is 1.06. The first-order valence-electron chi connectivity index (χ1n) is 5.73. The van der Waals surface area contributed by atoms with Crippen LogP contribution in [0.15, 0.2) is 18.2 Å². The number of hydrogen-bond donors (Lipinski definition) is 1. The van der Waals surface area contributed by atoms with Gasteiger partial charge in [0.05, 0.1) is 7.11 Å². The molecule has 0 saturated heterocycles. The standard InChI is InChI=1S/C14H18ClNO/c1-4-6-13(16-9-5-2)12-8-7-11(15)10-14(12)17-3/h1,7-8,10,13,16H,5-6,9H2,2-3H3. The van der Waals surface area contributed by atoms with Crippen molar-refractivity contribution < 1.29 is 4.74 Å². The summed E-state index contributed by atoms with van der Waals surface area (Å²) in [7, 11) is 1.64. The molecule has 0 spiro atoms. The highest BCUT2D eigenvalue weighted by Gasteiger charge is 2.14.